The Hall–Kier alpha value is -1.97. The number of hydrogen-bond donors (Lipinski definition) is 0. The van der Waals surface area contributed by atoms with Crippen LogP contribution in [0.25, 0.3) is 11.3 Å². The molecule has 1 aromatic heterocycles. The van der Waals surface area contributed by atoms with Gasteiger partial charge in [0, 0.05) is 16.3 Å². The molecular formula is C16H10ClF3N2S. The summed E-state index contributed by atoms with van der Waals surface area (Å²) < 4.78 is 39.8. The smallest absolute Gasteiger partial charge is 0.240 e. The third kappa shape index (κ3) is 4.06. The minimum Gasteiger partial charge on any atom is -0.240 e. The van der Waals surface area contributed by atoms with E-state index in [1.807, 2.05) is 0 Å². The van der Waals surface area contributed by atoms with Crippen molar-refractivity contribution in [3.05, 3.63) is 59.1 Å². The molecule has 0 fully saturated rings. The summed E-state index contributed by atoms with van der Waals surface area (Å²) in [6.07, 6.45) is -3.10. The molecule has 0 radical (unpaired) electrons. The molecule has 23 heavy (non-hydrogen) atoms. The van der Waals surface area contributed by atoms with Crippen LogP contribution in [0.1, 0.15) is 11.1 Å². The number of benzene rings is 1. The van der Waals surface area contributed by atoms with Crippen LogP contribution in [-0.2, 0) is 6.18 Å². The van der Waals surface area contributed by atoms with Gasteiger partial charge >= 0.3 is 6.18 Å². The van der Waals surface area contributed by atoms with Crippen molar-refractivity contribution < 1.29 is 13.2 Å². The number of halogens is 4. The minimum atomic E-state index is -4.64. The maximum absolute atomic E-state index is 13.3. The van der Waals surface area contributed by atoms with Crippen molar-refractivity contribution in [2.24, 2.45) is 0 Å². The molecule has 0 aliphatic heterocycles. The van der Waals surface area contributed by atoms with E-state index in [1.165, 1.54) is 6.08 Å². The maximum Gasteiger partial charge on any atom is 0.417 e. The molecular weight excluding hydrogens is 345 g/mol. The molecule has 0 atom stereocenters. The van der Waals surface area contributed by atoms with E-state index in [4.69, 9.17) is 16.9 Å². The summed E-state index contributed by atoms with van der Waals surface area (Å²) >= 11 is 6.83. The molecule has 0 N–H and O–H groups in total. The molecule has 2 aromatic rings. The molecule has 0 amide bonds. The molecule has 7 heteroatoms. The zero-order valence-corrected chi connectivity index (χ0v) is 13.3. The maximum atomic E-state index is 13.3. The zero-order chi connectivity index (χ0) is 17.0. The van der Waals surface area contributed by atoms with Gasteiger partial charge in [0.1, 0.15) is 11.1 Å². The van der Waals surface area contributed by atoms with Crippen LogP contribution >= 0.6 is 23.4 Å². The lowest BCUT2D eigenvalue weighted by molar-refractivity contribution is -0.138. The molecule has 2 nitrogen and oxygen atoms in total. The summed E-state index contributed by atoms with van der Waals surface area (Å²) in [5.74, 6) is 0.350. The average molecular weight is 355 g/mol. The van der Waals surface area contributed by atoms with Crippen LogP contribution in [0.5, 0.6) is 0 Å². The van der Waals surface area contributed by atoms with Gasteiger partial charge in [0.15, 0.2) is 0 Å². The van der Waals surface area contributed by atoms with E-state index in [1.54, 1.807) is 30.3 Å². The predicted octanol–water partition coefficient (Wildman–Crippen LogP) is 5.57. The fourth-order valence-corrected chi connectivity index (χ4v) is 2.73. The lowest BCUT2D eigenvalue weighted by Crippen LogP contribution is -2.10. The van der Waals surface area contributed by atoms with Crippen molar-refractivity contribution >= 4 is 23.4 Å². The second kappa shape index (κ2) is 7.07. The summed E-state index contributed by atoms with van der Waals surface area (Å²) in [6, 6.07) is 8.80. The Kier molecular flexibility index (Phi) is 5.34. The Balaban J connectivity index is 2.66. The summed E-state index contributed by atoms with van der Waals surface area (Å²) in [6.45, 7) is 3.52. The van der Waals surface area contributed by atoms with Crippen LogP contribution in [0.3, 0.4) is 0 Å². The number of rotatable bonds is 4. The first-order chi connectivity index (χ1) is 10.9. The third-order valence-electron chi connectivity index (χ3n) is 2.88. The molecule has 2 rings (SSSR count). The highest BCUT2D eigenvalue weighted by Gasteiger charge is 2.36. The van der Waals surface area contributed by atoms with Gasteiger partial charge < -0.3 is 0 Å². The van der Waals surface area contributed by atoms with Crippen molar-refractivity contribution in [1.29, 1.82) is 5.26 Å². The van der Waals surface area contributed by atoms with Gasteiger partial charge in [-0.3, -0.25) is 0 Å². The quantitative estimate of drug-likeness (QED) is 0.532. The molecule has 1 heterocycles. The monoisotopic (exact) mass is 354 g/mol. The summed E-state index contributed by atoms with van der Waals surface area (Å²) in [5, 5.41) is 9.62. The van der Waals surface area contributed by atoms with Crippen molar-refractivity contribution in [3.63, 3.8) is 0 Å². The van der Waals surface area contributed by atoms with Gasteiger partial charge in [0.05, 0.1) is 16.8 Å². The van der Waals surface area contributed by atoms with Gasteiger partial charge in [0.25, 0.3) is 0 Å². The van der Waals surface area contributed by atoms with Crippen LogP contribution in [0, 0.1) is 11.3 Å². The zero-order valence-electron chi connectivity index (χ0n) is 11.7. The van der Waals surface area contributed by atoms with Crippen molar-refractivity contribution in [2.45, 2.75) is 11.2 Å². The number of aromatic nitrogens is 1. The van der Waals surface area contributed by atoms with Crippen LogP contribution < -0.4 is 0 Å². The summed E-state index contributed by atoms with van der Waals surface area (Å²) in [4.78, 5) is 4.20. The Labute approximate surface area is 140 Å². The average Bonchev–Trinajstić information content (AvgIpc) is 2.51. The van der Waals surface area contributed by atoms with Crippen molar-refractivity contribution in [3.8, 4) is 17.3 Å². The fraction of sp³-hybridized carbons (Fsp3) is 0.125. The van der Waals surface area contributed by atoms with E-state index in [2.05, 4.69) is 11.6 Å². The number of nitriles is 1. The number of thioether (sulfide) groups is 1. The lowest BCUT2D eigenvalue weighted by Gasteiger charge is -2.14. The van der Waals surface area contributed by atoms with Gasteiger partial charge in [-0.05, 0) is 18.2 Å². The van der Waals surface area contributed by atoms with Crippen LogP contribution in [0.2, 0.25) is 5.02 Å². The molecule has 0 unspecified atom stereocenters. The Morgan fingerprint density at radius 3 is 2.48 bits per heavy atom. The van der Waals surface area contributed by atoms with Crippen LogP contribution in [0.15, 0.2) is 48.0 Å². The number of hydrogen-bond acceptors (Lipinski definition) is 3. The van der Waals surface area contributed by atoms with E-state index < -0.39 is 17.3 Å². The number of pyridine rings is 1. The van der Waals surface area contributed by atoms with E-state index in [0.29, 0.717) is 16.3 Å². The first-order valence-corrected chi connectivity index (χ1v) is 7.75. The van der Waals surface area contributed by atoms with Crippen molar-refractivity contribution in [2.75, 3.05) is 5.75 Å². The molecule has 0 saturated heterocycles. The second-order valence-electron chi connectivity index (χ2n) is 4.45. The van der Waals surface area contributed by atoms with Gasteiger partial charge in [0.2, 0.25) is 0 Å². The Morgan fingerprint density at radius 2 is 1.96 bits per heavy atom. The van der Waals surface area contributed by atoms with Gasteiger partial charge in [-0.25, -0.2) is 4.98 Å². The number of nitrogens with zero attached hydrogens (tertiary/aromatic N) is 2. The molecule has 0 spiro atoms. The topological polar surface area (TPSA) is 36.7 Å². The van der Waals surface area contributed by atoms with Gasteiger partial charge in [-0.1, -0.05) is 29.8 Å². The normalized spacial score (nSPS) is 11.1. The van der Waals surface area contributed by atoms with Crippen LogP contribution in [-0.4, -0.2) is 10.7 Å². The molecule has 0 aliphatic rings. The van der Waals surface area contributed by atoms with E-state index in [0.717, 1.165) is 17.8 Å². The second-order valence-corrected chi connectivity index (χ2v) is 5.90. The summed E-state index contributed by atoms with van der Waals surface area (Å²) in [5.41, 5.74) is -0.835. The lowest BCUT2D eigenvalue weighted by atomic mass is 10.1. The van der Waals surface area contributed by atoms with E-state index >= 15 is 0 Å². The Morgan fingerprint density at radius 1 is 1.30 bits per heavy atom. The standard InChI is InChI=1S/C16H10ClF3N2S/c1-2-7-23-15-12(9-21)13(16(18,19)20)8-14(22-15)10-3-5-11(17)6-4-10/h2-6,8H,1,7H2. The van der Waals surface area contributed by atoms with Crippen molar-refractivity contribution in [1.82, 2.24) is 4.98 Å². The fourth-order valence-electron chi connectivity index (χ4n) is 1.86. The minimum absolute atomic E-state index is 0.0344. The van der Waals surface area contributed by atoms with Gasteiger partial charge in [-0.2, -0.15) is 18.4 Å². The highest BCUT2D eigenvalue weighted by atomic mass is 35.5. The van der Waals surface area contributed by atoms with E-state index in [-0.39, 0.29) is 10.7 Å². The molecule has 0 saturated carbocycles. The first-order valence-electron chi connectivity index (χ1n) is 6.38. The highest BCUT2D eigenvalue weighted by molar-refractivity contribution is 7.99. The summed E-state index contributed by atoms with van der Waals surface area (Å²) in [7, 11) is 0. The van der Waals surface area contributed by atoms with Gasteiger partial charge in [-0.15, -0.1) is 18.3 Å². The molecule has 1 aromatic carbocycles. The molecule has 118 valence electrons. The first kappa shape index (κ1) is 17.4. The third-order valence-corrected chi connectivity index (χ3v) is 4.10. The molecule has 0 aliphatic carbocycles. The van der Waals surface area contributed by atoms with E-state index in [9.17, 15) is 13.2 Å². The SMILES string of the molecule is C=CCSc1nc(-c2ccc(Cl)cc2)cc(C(F)(F)F)c1C#N. The largest absolute Gasteiger partial charge is 0.417 e. The number of alkyl halides is 3. The predicted molar refractivity (Wildman–Crippen MR) is 85.3 cm³/mol. The molecule has 0 bridgehead atoms. The Bertz CT molecular complexity index is 765. The highest BCUT2D eigenvalue weighted by Crippen LogP contribution is 2.38. The van der Waals surface area contributed by atoms with Crippen LogP contribution in [0.4, 0.5) is 13.2 Å².